The fourth-order valence-corrected chi connectivity index (χ4v) is 2.08. The van der Waals surface area contributed by atoms with Crippen LogP contribution in [0.25, 0.3) is 6.08 Å². The highest BCUT2D eigenvalue weighted by molar-refractivity contribution is 9.10. The molecule has 1 heterocycles. The third-order valence-corrected chi connectivity index (χ3v) is 3.44. The number of carbonyl (C=O) groups excluding carboxylic acids is 1. The lowest BCUT2D eigenvalue weighted by atomic mass is 10.2. The molecule has 21 heavy (non-hydrogen) atoms. The highest BCUT2D eigenvalue weighted by Crippen LogP contribution is 2.11. The quantitative estimate of drug-likeness (QED) is 0.631. The van der Waals surface area contributed by atoms with Crippen molar-refractivity contribution in [3.05, 3.63) is 74.6 Å². The van der Waals surface area contributed by atoms with Crippen molar-refractivity contribution < 1.29 is 9.53 Å². The Kier molecular flexibility index (Phi) is 5.11. The molecule has 0 N–H and O–H groups in total. The van der Waals surface area contributed by atoms with Gasteiger partial charge in [0, 0.05) is 22.3 Å². The Bertz CT molecular complexity index is 717. The van der Waals surface area contributed by atoms with Crippen LogP contribution >= 0.6 is 15.9 Å². The third-order valence-electron chi connectivity index (χ3n) is 2.92. The summed E-state index contributed by atoms with van der Waals surface area (Å²) in [4.78, 5) is 23.4. The number of nitrogens with zero attached hydrogens (tertiary/aromatic N) is 1. The number of methoxy groups -OCH3 is 1. The van der Waals surface area contributed by atoms with Crippen molar-refractivity contribution in [3.8, 4) is 0 Å². The van der Waals surface area contributed by atoms with E-state index in [2.05, 4.69) is 20.7 Å². The van der Waals surface area contributed by atoms with Crippen molar-refractivity contribution in [3.63, 3.8) is 0 Å². The molecule has 108 valence electrons. The standard InChI is InChI=1S/C16H14BrNO3/c1-21-15(19)9-6-13-3-2-10-18(16(13)20)11-12-4-7-14(17)8-5-12/h2-10H,11H2,1H3/b9-6+. The van der Waals surface area contributed by atoms with Gasteiger partial charge in [0.1, 0.15) is 0 Å². The Labute approximate surface area is 130 Å². The topological polar surface area (TPSA) is 48.3 Å². The summed E-state index contributed by atoms with van der Waals surface area (Å²) in [6.45, 7) is 0.478. The summed E-state index contributed by atoms with van der Waals surface area (Å²) in [7, 11) is 1.30. The molecular formula is C16H14BrNO3. The fourth-order valence-electron chi connectivity index (χ4n) is 1.82. The van der Waals surface area contributed by atoms with Crippen molar-refractivity contribution in [1.29, 1.82) is 0 Å². The number of hydrogen-bond donors (Lipinski definition) is 0. The molecule has 0 fully saturated rings. The lowest BCUT2D eigenvalue weighted by molar-refractivity contribution is -0.134. The smallest absolute Gasteiger partial charge is 0.330 e. The van der Waals surface area contributed by atoms with Crippen LogP contribution in [0, 0.1) is 0 Å². The normalized spacial score (nSPS) is 10.8. The van der Waals surface area contributed by atoms with Crippen LogP contribution < -0.4 is 5.56 Å². The lowest BCUT2D eigenvalue weighted by Gasteiger charge is -2.07. The Morgan fingerprint density at radius 1 is 1.29 bits per heavy atom. The monoisotopic (exact) mass is 347 g/mol. The summed E-state index contributed by atoms with van der Waals surface area (Å²) in [5.74, 6) is -0.488. The SMILES string of the molecule is COC(=O)/C=C/c1cccn(Cc2ccc(Br)cc2)c1=O. The number of halogens is 1. The van der Waals surface area contributed by atoms with Gasteiger partial charge >= 0.3 is 5.97 Å². The van der Waals surface area contributed by atoms with Gasteiger partial charge < -0.3 is 9.30 Å². The molecule has 0 unspecified atom stereocenters. The molecule has 0 radical (unpaired) electrons. The van der Waals surface area contributed by atoms with Crippen LogP contribution in [0.15, 0.2) is 57.9 Å². The molecule has 0 atom stereocenters. The zero-order valence-corrected chi connectivity index (χ0v) is 13.0. The number of ether oxygens (including phenoxy) is 1. The van der Waals surface area contributed by atoms with Gasteiger partial charge in [0.15, 0.2) is 0 Å². The number of carbonyl (C=O) groups is 1. The van der Waals surface area contributed by atoms with Gasteiger partial charge in [-0.3, -0.25) is 4.79 Å². The minimum absolute atomic E-state index is 0.152. The highest BCUT2D eigenvalue weighted by Gasteiger charge is 2.02. The Balaban J connectivity index is 2.25. The maximum absolute atomic E-state index is 12.3. The van der Waals surface area contributed by atoms with E-state index in [1.54, 1.807) is 22.9 Å². The number of aromatic nitrogens is 1. The molecule has 5 heteroatoms. The third kappa shape index (κ3) is 4.16. The summed E-state index contributed by atoms with van der Waals surface area (Å²) < 4.78 is 7.10. The van der Waals surface area contributed by atoms with Crippen LogP contribution in [-0.4, -0.2) is 17.6 Å². The molecule has 0 bridgehead atoms. The minimum Gasteiger partial charge on any atom is -0.466 e. The first kappa shape index (κ1) is 15.3. The zero-order valence-electron chi connectivity index (χ0n) is 11.5. The first-order valence-electron chi connectivity index (χ1n) is 6.30. The van der Waals surface area contributed by atoms with Gasteiger partial charge in [-0.2, -0.15) is 0 Å². The molecule has 1 aromatic heterocycles. The van der Waals surface area contributed by atoms with Gasteiger partial charge in [-0.15, -0.1) is 0 Å². The number of hydrogen-bond acceptors (Lipinski definition) is 3. The van der Waals surface area contributed by atoms with E-state index in [9.17, 15) is 9.59 Å². The second-order valence-electron chi connectivity index (χ2n) is 4.38. The summed E-state index contributed by atoms with van der Waals surface area (Å²) in [6, 6.07) is 11.2. The van der Waals surface area contributed by atoms with Crippen LogP contribution in [0.4, 0.5) is 0 Å². The van der Waals surface area contributed by atoms with Crippen molar-refractivity contribution in [2.75, 3.05) is 7.11 Å². The molecule has 0 aliphatic rings. The number of benzene rings is 1. The molecule has 0 saturated carbocycles. The largest absolute Gasteiger partial charge is 0.466 e. The summed E-state index contributed by atoms with van der Waals surface area (Å²) in [5, 5.41) is 0. The van der Waals surface area contributed by atoms with Gasteiger partial charge in [-0.05, 0) is 35.9 Å². The van der Waals surface area contributed by atoms with Gasteiger partial charge in [-0.25, -0.2) is 4.79 Å². The minimum atomic E-state index is -0.488. The van der Waals surface area contributed by atoms with Crippen molar-refractivity contribution >= 4 is 28.0 Å². The van der Waals surface area contributed by atoms with E-state index < -0.39 is 5.97 Å². The molecule has 0 aliphatic carbocycles. The summed E-state index contributed by atoms with van der Waals surface area (Å²) in [5.41, 5.74) is 1.31. The van der Waals surface area contributed by atoms with Crippen molar-refractivity contribution in [2.45, 2.75) is 6.54 Å². The van der Waals surface area contributed by atoms with Gasteiger partial charge in [0.25, 0.3) is 5.56 Å². The van der Waals surface area contributed by atoms with Gasteiger partial charge in [0.05, 0.1) is 13.7 Å². The zero-order chi connectivity index (χ0) is 15.2. The van der Waals surface area contributed by atoms with E-state index in [1.807, 2.05) is 24.3 Å². The number of pyridine rings is 1. The second kappa shape index (κ2) is 7.04. The summed E-state index contributed by atoms with van der Waals surface area (Å²) >= 11 is 3.38. The first-order valence-corrected chi connectivity index (χ1v) is 7.09. The fraction of sp³-hybridized carbons (Fsp3) is 0.125. The van der Waals surface area contributed by atoms with Crippen LogP contribution in [0.1, 0.15) is 11.1 Å². The maximum Gasteiger partial charge on any atom is 0.330 e. The second-order valence-corrected chi connectivity index (χ2v) is 5.30. The molecule has 0 aliphatic heterocycles. The molecule has 2 rings (SSSR count). The molecule has 4 nitrogen and oxygen atoms in total. The molecular weight excluding hydrogens is 334 g/mol. The van der Waals surface area contributed by atoms with E-state index in [0.717, 1.165) is 10.0 Å². The van der Waals surface area contributed by atoms with Crippen LogP contribution in [-0.2, 0) is 16.1 Å². The number of esters is 1. The molecule has 0 amide bonds. The van der Waals surface area contributed by atoms with Crippen molar-refractivity contribution in [1.82, 2.24) is 4.57 Å². The molecule has 0 saturated heterocycles. The molecule has 2 aromatic rings. The average Bonchev–Trinajstić information content (AvgIpc) is 2.50. The highest BCUT2D eigenvalue weighted by atomic mass is 79.9. The Hall–Kier alpha value is -2.14. The van der Waals surface area contributed by atoms with E-state index >= 15 is 0 Å². The van der Waals surface area contributed by atoms with E-state index in [-0.39, 0.29) is 5.56 Å². The first-order chi connectivity index (χ1) is 10.1. The van der Waals surface area contributed by atoms with Crippen LogP contribution in [0.2, 0.25) is 0 Å². The van der Waals surface area contributed by atoms with E-state index in [4.69, 9.17) is 0 Å². The van der Waals surface area contributed by atoms with E-state index in [1.165, 1.54) is 19.3 Å². The van der Waals surface area contributed by atoms with Crippen LogP contribution in [0.5, 0.6) is 0 Å². The van der Waals surface area contributed by atoms with Gasteiger partial charge in [0.2, 0.25) is 0 Å². The number of rotatable bonds is 4. The molecule has 1 aromatic carbocycles. The van der Waals surface area contributed by atoms with Crippen molar-refractivity contribution in [2.24, 2.45) is 0 Å². The Morgan fingerprint density at radius 2 is 2.00 bits per heavy atom. The lowest BCUT2D eigenvalue weighted by Crippen LogP contribution is -2.21. The molecule has 0 spiro atoms. The average molecular weight is 348 g/mol. The predicted molar refractivity (Wildman–Crippen MR) is 85.0 cm³/mol. The Morgan fingerprint density at radius 3 is 2.67 bits per heavy atom. The van der Waals surface area contributed by atoms with Crippen LogP contribution in [0.3, 0.4) is 0 Å². The van der Waals surface area contributed by atoms with Gasteiger partial charge in [-0.1, -0.05) is 28.1 Å². The van der Waals surface area contributed by atoms with E-state index in [0.29, 0.717) is 12.1 Å². The maximum atomic E-state index is 12.3. The summed E-state index contributed by atoms with van der Waals surface area (Å²) in [6.07, 6.45) is 4.42. The predicted octanol–water partition coefficient (Wildman–Crippen LogP) is 2.85.